The number of amides is 3. The van der Waals surface area contributed by atoms with Gasteiger partial charge in [-0.15, -0.1) is 6.58 Å². The Morgan fingerprint density at radius 1 is 1.11 bits per heavy atom. The minimum Gasteiger partial charge on any atom is -0.467 e. The van der Waals surface area contributed by atoms with Crippen LogP contribution in [0.15, 0.2) is 46.3 Å². The smallest absolute Gasteiger partial charge is 0.408 e. The summed E-state index contributed by atoms with van der Waals surface area (Å²) in [6, 6.07) is 3.53. The maximum absolute atomic E-state index is 14.1. The molecule has 5 atom stereocenters. The average molecular weight is 699 g/mol. The molecule has 1 heterocycles. The zero-order valence-corrected chi connectivity index (χ0v) is 27.7. The summed E-state index contributed by atoms with van der Waals surface area (Å²) in [4.78, 5) is 54.5. The molecule has 0 radical (unpaired) electrons. The van der Waals surface area contributed by atoms with Gasteiger partial charge >= 0.3 is 12.1 Å². The summed E-state index contributed by atoms with van der Waals surface area (Å²) < 4.78 is 42.9. The molecule has 3 aliphatic rings. The van der Waals surface area contributed by atoms with Crippen LogP contribution in [-0.4, -0.2) is 80.7 Å². The van der Waals surface area contributed by atoms with E-state index in [9.17, 15) is 27.6 Å². The molecular formula is C30H40BrN3O9S. The molecule has 2 saturated carbocycles. The number of alkyl carbamates (subject to hydrolysis) is 1. The van der Waals surface area contributed by atoms with Crippen molar-refractivity contribution < 1.29 is 41.3 Å². The molecule has 0 aromatic heterocycles. The van der Waals surface area contributed by atoms with Gasteiger partial charge in [0.25, 0.3) is 10.1 Å². The zero-order valence-electron chi connectivity index (χ0n) is 25.3. The molecule has 12 nitrogen and oxygen atoms in total. The summed E-state index contributed by atoms with van der Waals surface area (Å²) in [6.07, 6.45) is 2.97. The van der Waals surface area contributed by atoms with E-state index in [0.29, 0.717) is 4.47 Å². The van der Waals surface area contributed by atoms with Crippen molar-refractivity contribution in [2.24, 2.45) is 11.3 Å². The molecule has 2 aliphatic carbocycles. The molecule has 3 amide bonds. The largest absolute Gasteiger partial charge is 0.467 e. The molecule has 242 valence electrons. The van der Waals surface area contributed by atoms with Crippen LogP contribution in [0.25, 0.3) is 0 Å². The standard InChI is InChI=1S/C30H40BrN3O9S/c1-6-18-16-30(18,27(37)41-5)33-25(35)23-15-21(43-44(39,40)22-13-11-19(31)12-14-22)17-34(23)26(36)24(29(2,3)4)32-28(38)42-20-9-7-8-10-20/h6,11-14,18,20-21,23-24H,1,7-10,15-17H2,2-5H3,(H,32,38)(H,33,35)/t18?,21-,23-,24+,30?/m0/s1. The summed E-state index contributed by atoms with van der Waals surface area (Å²) in [5, 5.41) is 5.42. The molecule has 1 aliphatic heterocycles. The van der Waals surface area contributed by atoms with E-state index in [1.54, 1.807) is 39.0 Å². The van der Waals surface area contributed by atoms with Crippen molar-refractivity contribution in [3.8, 4) is 0 Å². The van der Waals surface area contributed by atoms with Gasteiger partial charge in [-0.05, 0) is 61.8 Å². The molecule has 44 heavy (non-hydrogen) atoms. The van der Waals surface area contributed by atoms with Gasteiger partial charge in [-0.2, -0.15) is 8.42 Å². The summed E-state index contributed by atoms with van der Waals surface area (Å²) in [6.45, 7) is 8.74. The number of carbonyl (C=O) groups is 4. The summed E-state index contributed by atoms with van der Waals surface area (Å²) in [5.41, 5.74) is -2.15. The van der Waals surface area contributed by atoms with Crippen molar-refractivity contribution in [3.05, 3.63) is 41.4 Å². The minimum absolute atomic E-state index is 0.0909. The zero-order chi connectivity index (χ0) is 32.4. The first kappa shape index (κ1) is 33.9. The number of carbonyl (C=O) groups excluding carboxylic acids is 4. The third-order valence-corrected chi connectivity index (χ3v) is 10.3. The highest BCUT2D eigenvalue weighted by molar-refractivity contribution is 9.10. The Bertz CT molecular complexity index is 1390. The first-order chi connectivity index (χ1) is 20.6. The molecule has 1 saturated heterocycles. The number of hydrogen-bond acceptors (Lipinski definition) is 9. The average Bonchev–Trinajstić information content (AvgIpc) is 3.24. The second kappa shape index (κ2) is 13.2. The van der Waals surface area contributed by atoms with Crippen molar-refractivity contribution in [3.63, 3.8) is 0 Å². The van der Waals surface area contributed by atoms with Gasteiger partial charge in [-0.25, -0.2) is 9.59 Å². The topological polar surface area (TPSA) is 157 Å². The number of likely N-dealkylation sites (tertiary alicyclic amines) is 1. The molecule has 14 heteroatoms. The maximum Gasteiger partial charge on any atom is 0.408 e. The van der Waals surface area contributed by atoms with Crippen LogP contribution in [0.3, 0.4) is 0 Å². The summed E-state index contributed by atoms with van der Waals surface area (Å²) in [5.74, 6) is -2.32. The normalized spacial score (nSPS) is 26.0. The Morgan fingerprint density at radius 3 is 2.30 bits per heavy atom. The van der Waals surface area contributed by atoms with Crippen LogP contribution in [0, 0.1) is 11.3 Å². The molecule has 4 rings (SSSR count). The van der Waals surface area contributed by atoms with Crippen LogP contribution >= 0.6 is 15.9 Å². The van der Waals surface area contributed by atoms with E-state index in [4.69, 9.17) is 13.7 Å². The lowest BCUT2D eigenvalue weighted by molar-refractivity contribution is -0.148. The number of nitrogens with one attached hydrogen (secondary N) is 2. The van der Waals surface area contributed by atoms with Gasteiger partial charge in [0.05, 0.1) is 18.1 Å². The number of rotatable bonds is 10. The molecule has 0 bridgehead atoms. The van der Waals surface area contributed by atoms with Crippen LogP contribution in [-0.2, 0) is 38.2 Å². The molecule has 2 N–H and O–H groups in total. The monoisotopic (exact) mass is 697 g/mol. The van der Waals surface area contributed by atoms with Crippen molar-refractivity contribution in [2.75, 3.05) is 13.7 Å². The Kier molecular flexibility index (Phi) is 10.2. The molecule has 0 spiro atoms. The van der Waals surface area contributed by atoms with Gasteiger partial charge < -0.3 is 25.0 Å². The Hall–Kier alpha value is -2.97. The van der Waals surface area contributed by atoms with Gasteiger partial charge in [-0.3, -0.25) is 13.8 Å². The third kappa shape index (κ3) is 7.45. The lowest BCUT2D eigenvalue weighted by atomic mass is 9.85. The van der Waals surface area contributed by atoms with Crippen molar-refractivity contribution in [2.45, 2.75) is 94.0 Å². The number of ether oxygens (including phenoxy) is 2. The summed E-state index contributed by atoms with van der Waals surface area (Å²) >= 11 is 3.27. The summed E-state index contributed by atoms with van der Waals surface area (Å²) in [7, 11) is -3.05. The second-order valence-electron chi connectivity index (χ2n) is 12.6. The number of nitrogens with zero attached hydrogens (tertiary/aromatic N) is 1. The van der Waals surface area contributed by atoms with E-state index in [0.717, 1.165) is 25.7 Å². The number of esters is 1. The van der Waals surface area contributed by atoms with E-state index in [1.807, 2.05) is 0 Å². The van der Waals surface area contributed by atoms with E-state index in [2.05, 4.69) is 33.1 Å². The van der Waals surface area contributed by atoms with E-state index >= 15 is 0 Å². The fourth-order valence-corrected chi connectivity index (χ4v) is 7.15. The highest BCUT2D eigenvalue weighted by Crippen LogP contribution is 2.45. The van der Waals surface area contributed by atoms with Crippen molar-refractivity contribution >= 4 is 49.9 Å². The van der Waals surface area contributed by atoms with Gasteiger partial charge in [0.1, 0.15) is 23.7 Å². The molecule has 2 unspecified atom stereocenters. The predicted octanol–water partition coefficient (Wildman–Crippen LogP) is 3.44. The lowest BCUT2D eigenvalue weighted by Crippen LogP contribution is -2.59. The molecule has 3 fully saturated rings. The molecule has 1 aromatic rings. The highest BCUT2D eigenvalue weighted by Gasteiger charge is 2.62. The van der Waals surface area contributed by atoms with Gasteiger partial charge in [-0.1, -0.05) is 42.8 Å². The van der Waals surface area contributed by atoms with Crippen molar-refractivity contribution in [1.82, 2.24) is 15.5 Å². The number of hydrogen-bond donors (Lipinski definition) is 2. The van der Waals surface area contributed by atoms with E-state index in [-0.39, 0.29) is 36.3 Å². The van der Waals surface area contributed by atoms with Crippen LogP contribution in [0.1, 0.15) is 59.3 Å². The number of benzene rings is 1. The number of halogens is 1. The Balaban J connectivity index is 1.60. The van der Waals surface area contributed by atoms with Gasteiger partial charge in [0, 0.05) is 23.4 Å². The van der Waals surface area contributed by atoms with Crippen LogP contribution in [0.2, 0.25) is 0 Å². The first-order valence-electron chi connectivity index (χ1n) is 14.6. The number of methoxy groups -OCH3 is 1. The van der Waals surface area contributed by atoms with E-state index in [1.165, 1.54) is 24.1 Å². The second-order valence-corrected chi connectivity index (χ2v) is 15.1. The SMILES string of the molecule is C=CC1CC1(NC(=O)[C@@H]1C[C@H](OS(=O)(=O)c2ccc(Br)cc2)CN1C(=O)[C@@H](NC(=O)OC1CCCC1)C(C)(C)C)C(=O)OC. The van der Waals surface area contributed by atoms with Gasteiger partial charge in [0.15, 0.2) is 0 Å². The Morgan fingerprint density at radius 2 is 1.75 bits per heavy atom. The quantitative estimate of drug-likeness (QED) is 0.212. The van der Waals surface area contributed by atoms with Crippen LogP contribution < -0.4 is 10.6 Å². The fraction of sp³-hybridized carbons (Fsp3) is 0.600. The minimum atomic E-state index is -4.26. The highest BCUT2D eigenvalue weighted by atomic mass is 79.9. The fourth-order valence-electron chi connectivity index (χ4n) is 5.81. The lowest BCUT2D eigenvalue weighted by Gasteiger charge is -2.35. The van der Waals surface area contributed by atoms with Crippen molar-refractivity contribution in [1.29, 1.82) is 0 Å². The van der Waals surface area contributed by atoms with Crippen LogP contribution in [0.4, 0.5) is 4.79 Å². The third-order valence-electron chi connectivity index (χ3n) is 8.36. The van der Waals surface area contributed by atoms with Crippen LogP contribution in [0.5, 0.6) is 0 Å². The predicted molar refractivity (Wildman–Crippen MR) is 163 cm³/mol. The Labute approximate surface area is 266 Å². The van der Waals surface area contributed by atoms with E-state index < -0.39 is 63.1 Å². The first-order valence-corrected chi connectivity index (χ1v) is 16.8. The van der Waals surface area contributed by atoms with Gasteiger partial charge in [0.2, 0.25) is 11.8 Å². The molecular weight excluding hydrogens is 658 g/mol. The maximum atomic E-state index is 14.1. The molecule has 1 aromatic carbocycles.